The Hall–Kier alpha value is -0.770. The summed E-state index contributed by atoms with van der Waals surface area (Å²) in [5, 5.41) is 9.31. The van der Waals surface area contributed by atoms with Gasteiger partial charge in [0.15, 0.2) is 0 Å². The highest BCUT2D eigenvalue weighted by atomic mass is 32.2. The zero-order valence-electron chi connectivity index (χ0n) is 7.44. The molecule has 12 heavy (non-hydrogen) atoms. The SMILES string of the molecule is COc1ccc(SC(C)C)nn1. The molecule has 0 spiro atoms. The van der Waals surface area contributed by atoms with E-state index in [1.165, 1.54) is 0 Å². The first-order valence-electron chi connectivity index (χ1n) is 3.76. The van der Waals surface area contributed by atoms with E-state index in [4.69, 9.17) is 4.74 Å². The number of thioether (sulfide) groups is 1. The summed E-state index contributed by atoms with van der Waals surface area (Å²) >= 11 is 1.69. The standard InChI is InChI=1S/C8H12N2OS/c1-6(2)12-8-5-4-7(11-3)9-10-8/h4-6H,1-3H3. The summed E-state index contributed by atoms with van der Waals surface area (Å²) in [6.07, 6.45) is 0. The number of hydrogen-bond acceptors (Lipinski definition) is 4. The lowest BCUT2D eigenvalue weighted by Crippen LogP contribution is -1.93. The van der Waals surface area contributed by atoms with E-state index in [2.05, 4.69) is 24.0 Å². The van der Waals surface area contributed by atoms with Crippen molar-refractivity contribution in [3.05, 3.63) is 12.1 Å². The molecular weight excluding hydrogens is 172 g/mol. The zero-order valence-corrected chi connectivity index (χ0v) is 8.26. The van der Waals surface area contributed by atoms with Gasteiger partial charge in [-0.2, -0.15) is 0 Å². The first-order valence-corrected chi connectivity index (χ1v) is 4.64. The minimum Gasteiger partial charge on any atom is -0.480 e. The van der Waals surface area contributed by atoms with Gasteiger partial charge in [0, 0.05) is 11.3 Å². The number of methoxy groups -OCH3 is 1. The maximum atomic E-state index is 4.89. The van der Waals surface area contributed by atoms with E-state index in [0.29, 0.717) is 11.1 Å². The van der Waals surface area contributed by atoms with Crippen LogP contribution in [0.15, 0.2) is 17.2 Å². The predicted molar refractivity (Wildman–Crippen MR) is 49.6 cm³/mol. The number of aromatic nitrogens is 2. The van der Waals surface area contributed by atoms with Crippen molar-refractivity contribution in [3.63, 3.8) is 0 Å². The summed E-state index contributed by atoms with van der Waals surface area (Å²) in [5.41, 5.74) is 0. The Morgan fingerprint density at radius 2 is 2.08 bits per heavy atom. The van der Waals surface area contributed by atoms with Crippen LogP contribution in [-0.4, -0.2) is 22.6 Å². The molecule has 0 amide bonds. The van der Waals surface area contributed by atoms with E-state index in [1.807, 2.05) is 12.1 Å². The first-order chi connectivity index (χ1) is 5.72. The van der Waals surface area contributed by atoms with Gasteiger partial charge in [-0.25, -0.2) is 0 Å². The smallest absolute Gasteiger partial charge is 0.233 e. The summed E-state index contributed by atoms with van der Waals surface area (Å²) in [4.78, 5) is 0. The molecule has 0 radical (unpaired) electrons. The topological polar surface area (TPSA) is 35.0 Å². The molecule has 0 aromatic carbocycles. The Bertz CT molecular complexity index is 235. The van der Waals surface area contributed by atoms with E-state index in [-0.39, 0.29) is 0 Å². The number of hydrogen-bond donors (Lipinski definition) is 0. The van der Waals surface area contributed by atoms with Crippen LogP contribution in [-0.2, 0) is 0 Å². The minimum absolute atomic E-state index is 0.535. The van der Waals surface area contributed by atoms with Crippen LogP contribution in [0.25, 0.3) is 0 Å². The third-order valence-corrected chi connectivity index (χ3v) is 2.11. The van der Waals surface area contributed by atoms with Crippen molar-refractivity contribution < 1.29 is 4.74 Å². The van der Waals surface area contributed by atoms with Crippen LogP contribution >= 0.6 is 11.8 Å². The Morgan fingerprint density at radius 3 is 2.50 bits per heavy atom. The van der Waals surface area contributed by atoms with Gasteiger partial charge in [0.25, 0.3) is 0 Å². The molecule has 0 aliphatic heterocycles. The van der Waals surface area contributed by atoms with Gasteiger partial charge < -0.3 is 4.74 Å². The number of rotatable bonds is 3. The summed E-state index contributed by atoms with van der Waals surface area (Å²) in [6.45, 7) is 4.24. The quantitative estimate of drug-likeness (QED) is 0.673. The average Bonchev–Trinajstić information content (AvgIpc) is 2.05. The van der Waals surface area contributed by atoms with Crippen molar-refractivity contribution in [1.29, 1.82) is 0 Å². The third kappa shape index (κ3) is 2.70. The second kappa shape index (κ2) is 4.30. The van der Waals surface area contributed by atoms with Crippen LogP contribution in [0.1, 0.15) is 13.8 Å². The van der Waals surface area contributed by atoms with Gasteiger partial charge in [-0.1, -0.05) is 13.8 Å². The molecule has 0 saturated carbocycles. The molecule has 0 aliphatic rings. The van der Waals surface area contributed by atoms with Crippen LogP contribution < -0.4 is 4.74 Å². The molecule has 0 unspecified atom stereocenters. The van der Waals surface area contributed by atoms with Crippen molar-refractivity contribution >= 4 is 11.8 Å². The average molecular weight is 184 g/mol. The van der Waals surface area contributed by atoms with Gasteiger partial charge in [0.05, 0.1) is 7.11 Å². The van der Waals surface area contributed by atoms with Gasteiger partial charge in [-0.05, 0) is 6.07 Å². The fourth-order valence-corrected chi connectivity index (χ4v) is 1.44. The fraction of sp³-hybridized carbons (Fsp3) is 0.500. The van der Waals surface area contributed by atoms with Crippen molar-refractivity contribution in [2.75, 3.05) is 7.11 Å². The summed E-state index contributed by atoms with van der Waals surface area (Å²) < 4.78 is 4.89. The van der Waals surface area contributed by atoms with Gasteiger partial charge in [0.2, 0.25) is 5.88 Å². The van der Waals surface area contributed by atoms with Crippen molar-refractivity contribution in [3.8, 4) is 5.88 Å². The number of ether oxygens (including phenoxy) is 1. The number of nitrogens with zero attached hydrogens (tertiary/aromatic N) is 2. The van der Waals surface area contributed by atoms with Crippen LogP contribution in [0.2, 0.25) is 0 Å². The molecule has 0 N–H and O–H groups in total. The minimum atomic E-state index is 0.535. The Balaban J connectivity index is 2.65. The second-order valence-corrected chi connectivity index (χ2v) is 4.18. The monoisotopic (exact) mass is 184 g/mol. The zero-order chi connectivity index (χ0) is 8.97. The van der Waals surface area contributed by atoms with E-state index in [1.54, 1.807) is 18.9 Å². The molecule has 3 nitrogen and oxygen atoms in total. The molecule has 1 aromatic heterocycles. The van der Waals surface area contributed by atoms with Crippen LogP contribution in [0.4, 0.5) is 0 Å². The molecular formula is C8H12N2OS. The summed E-state index contributed by atoms with van der Waals surface area (Å²) in [5.74, 6) is 0.558. The molecule has 0 bridgehead atoms. The predicted octanol–water partition coefficient (Wildman–Crippen LogP) is 1.99. The molecule has 1 aromatic rings. The lowest BCUT2D eigenvalue weighted by molar-refractivity contribution is 0.390. The van der Waals surface area contributed by atoms with E-state index >= 15 is 0 Å². The van der Waals surface area contributed by atoms with Gasteiger partial charge in [-0.15, -0.1) is 22.0 Å². The lowest BCUT2D eigenvalue weighted by atomic mass is 10.6. The van der Waals surface area contributed by atoms with Crippen molar-refractivity contribution in [2.45, 2.75) is 24.1 Å². The molecule has 66 valence electrons. The van der Waals surface area contributed by atoms with Gasteiger partial charge in [-0.3, -0.25) is 0 Å². The van der Waals surface area contributed by atoms with Crippen LogP contribution in [0, 0.1) is 0 Å². The van der Waals surface area contributed by atoms with Gasteiger partial charge >= 0.3 is 0 Å². The van der Waals surface area contributed by atoms with Gasteiger partial charge in [0.1, 0.15) is 5.03 Å². The maximum Gasteiger partial charge on any atom is 0.233 e. The highest BCUT2D eigenvalue weighted by Gasteiger charge is 2.00. The highest BCUT2D eigenvalue weighted by Crippen LogP contribution is 2.20. The molecule has 0 atom stereocenters. The molecule has 0 saturated heterocycles. The second-order valence-electron chi connectivity index (χ2n) is 2.58. The molecule has 1 rings (SSSR count). The van der Waals surface area contributed by atoms with Crippen molar-refractivity contribution in [1.82, 2.24) is 10.2 Å². The summed E-state index contributed by atoms with van der Waals surface area (Å²) in [6, 6.07) is 3.73. The third-order valence-electron chi connectivity index (χ3n) is 1.18. The lowest BCUT2D eigenvalue weighted by Gasteiger charge is -2.02. The molecule has 0 fully saturated rings. The maximum absolute atomic E-state index is 4.89. The van der Waals surface area contributed by atoms with E-state index < -0.39 is 0 Å². The highest BCUT2D eigenvalue weighted by molar-refractivity contribution is 7.99. The Labute approximate surface area is 76.5 Å². The first kappa shape index (κ1) is 9.32. The van der Waals surface area contributed by atoms with Crippen LogP contribution in [0.3, 0.4) is 0 Å². The molecule has 4 heteroatoms. The summed E-state index contributed by atoms with van der Waals surface area (Å²) in [7, 11) is 1.58. The normalized spacial score (nSPS) is 10.3. The fourth-order valence-electron chi connectivity index (χ4n) is 0.721. The van der Waals surface area contributed by atoms with E-state index in [9.17, 15) is 0 Å². The largest absolute Gasteiger partial charge is 0.480 e. The van der Waals surface area contributed by atoms with Crippen LogP contribution in [0.5, 0.6) is 5.88 Å². The Morgan fingerprint density at radius 1 is 1.33 bits per heavy atom. The Kier molecular flexibility index (Phi) is 3.34. The van der Waals surface area contributed by atoms with Crippen molar-refractivity contribution in [2.24, 2.45) is 0 Å². The molecule has 0 aliphatic carbocycles. The molecule has 1 heterocycles. The van der Waals surface area contributed by atoms with E-state index in [0.717, 1.165) is 5.03 Å².